The van der Waals surface area contributed by atoms with Gasteiger partial charge in [-0.1, -0.05) is 23.7 Å². The Kier molecular flexibility index (Phi) is 7.42. The monoisotopic (exact) mass is 487 g/mol. The number of amides is 1. The first kappa shape index (κ1) is 23.4. The summed E-state index contributed by atoms with van der Waals surface area (Å²) in [4.78, 5) is 39.8. The van der Waals surface area contributed by atoms with Crippen LogP contribution in [0.2, 0.25) is 5.02 Å². The molecule has 1 aliphatic heterocycles. The number of carbonyl (C=O) groups excluding carboxylic acids is 1. The summed E-state index contributed by atoms with van der Waals surface area (Å²) < 4.78 is 5.34. The van der Waals surface area contributed by atoms with Crippen LogP contribution in [0.3, 0.4) is 0 Å². The lowest BCUT2D eigenvalue weighted by Gasteiger charge is -2.27. The number of carbonyl (C=O) groups is 1. The number of thiazole rings is 1. The second-order valence-corrected chi connectivity index (χ2v) is 9.52. The third kappa shape index (κ3) is 5.98. The Morgan fingerprint density at radius 1 is 1.30 bits per heavy atom. The van der Waals surface area contributed by atoms with Crippen molar-refractivity contribution in [3.05, 3.63) is 67.0 Å². The van der Waals surface area contributed by atoms with E-state index >= 15 is 0 Å². The van der Waals surface area contributed by atoms with Gasteiger partial charge in [-0.05, 0) is 37.5 Å². The van der Waals surface area contributed by atoms with Crippen LogP contribution in [-0.2, 0) is 22.4 Å². The number of halogens is 1. The number of anilines is 2. The molecule has 0 unspecified atom stereocenters. The molecule has 1 aliphatic rings. The van der Waals surface area contributed by atoms with Crippen LogP contribution in [0.4, 0.5) is 11.1 Å². The normalized spacial score (nSPS) is 13.8. The standard InChI is InChI=1S/C23H26ClN5O3S/c1-14-3-4-16(12-19(14)24)11-17-13-25-23(33-17)27-20(30)6-5-18-15(2)26-22(28-21(18)31)29-7-9-32-10-8-29/h3-4,12-13H,5-11H2,1-2H3,(H,25,27,30)(H,26,28,31). The van der Waals surface area contributed by atoms with Crippen molar-refractivity contribution >= 4 is 39.9 Å². The topological polar surface area (TPSA) is 100 Å². The molecule has 1 saturated heterocycles. The quantitative estimate of drug-likeness (QED) is 0.529. The Labute approximate surface area is 201 Å². The van der Waals surface area contributed by atoms with E-state index in [1.807, 2.05) is 30.0 Å². The zero-order valence-corrected chi connectivity index (χ0v) is 20.2. The van der Waals surface area contributed by atoms with E-state index in [2.05, 4.69) is 20.3 Å². The highest BCUT2D eigenvalue weighted by Gasteiger charge is 2.17. The number of benzene rings is 1. The zero-order valence-electron chi connectivity index (χ0n) is 18.6. The molecule has 3 aromatic rings. The van der Waals surface area contributed by atoms with E-state index in [4.69, 9.17) is 16.3 Å². The SMILES string of the molecule is Cc1ccc(Cc2cnc(NC(=O)CCc3c(C)nc(N4CCOCC4)[nH]c3=O)s2)cc1Cl. The van der Waals surface area contributed by atoms with Crippen LogP contribution >= 0.6 is 22.9 Å². The summed E-state index contributed by atoms with van der Waals surface area (Å²) in [5.74, 6) is 0.365. The predicted molar refractivity (Wildman–Crippen MR) is 131 cm³/mol. The minimum Gasteiger partial charge on any atom is -0.378 e. The smallest absolute Gasteiger partial charge is 0.255 e. The number of hydrogen-bond donors (Lipinski definition) is 2. The van der Waals surface area contributed by atoms with Gasteiger partial charge in [0.1, 0.15) is 0 Å². The number of nitrogens with zero attached hydrogens (tertiary/aromatic N) is 3. The van der Waals surface area contributed by atoms with E-state index in [1.54, 1.807) is 13.1 Å². The molecule has 174 valence electrons. The molecule has 0 spiro atoms. The number of morpholine rings is 1. The van der Waals surface area contributed by atoms with Gasteiger partial charge in [0, 0.05) is 53.3 Å². The molecule has 10 heteroatoms. The van der Waals surface area contributed by atoms with Crippen LogP contribution in [0.1, 0.15) is 33.7 Å². The van der Waals surface area contributed by atoms with Gasteiger partial charge in [-0.25, -0.2) is 9.97 Å². The summed E-state index contributed by atoms with van der Waals surface area (Å²) in [6.07, 6.45) is 2.94. The molecule has 4 rings (SSSR count). The summed E-state index contributed by atoms with van der Waals surface area (Å²) in [6, 6.07) is 5.98. The lowest BCUT2D eigenvalue weighted by Crippen LogP contribution is -2.38. The minimum absolute atomic E-state index is 0.172. The molecule has 1 amide bonds. The van der Waals surface area contributed by atoms with Crippen LogP contribution < -0.4 is 15.8 Å². The molecule has 0 atom stereocenters. The number of rotatable bonds is 7. The van der Waals surface area contributed by atoms with Gasteiger partial charge in [-0.15, -0.1) is 11.3 Å². The minimum atomic E-state index is -0.204. The Hall–Kier alpha value is -2.75. The number of ether oxygens (including phenoxy) is 1. The van der Waals surface area contributed by atoms with Gasteiger partial charge in [0.05, 0.1) is 13.2 Å². The van der Waals surface area contributed by atoms with Gasteiger partial charge in [0.25, 0.3) is 5.56 Å². The Morgan fingerprint density at radius 3 is 2.82 bits per heavy atom. The summed E-state index contributed by atoms with van der Waals surface area (Å²) >= 11 is 7.63. The van der Waals surface area contributed by atoms with Crippen molar-refractivity contribution < 1.29 is 9.53 Å². The summed E-state index contributed by atoms with van der Waals surface area (Å²) in [7, 11) is 0. The number of aryl methyl sites for hydroxylation is 2. The van der Waals surface area contributed by atoms with Crippen LogP contribution in [0.5, 0.6) is 0 Å². The largest absolute Gasteiger partial charge is 0.378 e. The zero-order chi connectivity index (χ0) is 23.4. The van der Waals surface area contributed by atoms with Crippen molar-refractivity contribution in [1.82, 2.24) is 15.0 Å². The number of aromatic nitrogens is 3. The second kappa shape index (κ2) is 10.5. The molecule has 0 radical (unpaired) electrons. The maximum absolute atomic E-state index is 12.6. The highest BCUT2D eigenvalue weighted by molar-refractivity contribution is 7.15. The summed E-state index contributed by atoms with van der Waals surface area (Å²) in [5, 5.41) is 4.11. The molecule has 2 aromatic heterocycles. The Morgan fingerprint density at radius 2 is 2.09 bits per heavy atom. The molecular weight excluding hydrogens is 462 g/mol. The summed E-state index contributed by atoms with van der Waals surface area (Å²) in [6.45, 7) is 6.38. The van der Waals surface area contributed by atoms with Crippen LogP contribution in [-0.4, -0.2) is 47.2 Å². The van der Waals surface area contributed by atoms with Crippen molar-refractivity contribution in [2.75, 3.05) is 36.5 Å². The van der Waals surface area contributed by atoms with E-state index < -0.39 is 0 Å². The first-order chi connectivity index (χ1) is 15.9. The highest BCUT2D eigenvalue weighted by Crippen LogP contribution is 2.24. The average molecular weight is 488 g/mol. The van der Waals surface area contributed by atoms with Crippen LogP contribution in [0, 0.1) is 13.8 Å². The average Bonchev–Trinajstić information content (AvgIpc) is 3.22. The molecule has 0 bridgehead atoms. The first-order valence-corrected chi connectivity index (χ1v) is 12.0. The third-order valence-electron chi connectivity index (χ3n) is 5.54. The van der Waals surface area contributed by atoms with Crippen molar-refractivity contribution in [2.45, 2.75) is 33.1 Å². The number of aromatic amines is 1. The van der Waals surface area contributed by atoms with Gasteiger partial charge in [-0.2, -0.15) is 0 Å². The number of hydrogen-bond acceptors (Lipinski definition) is 7. The fourth-order valence-electron chi connectivity index (χ4n) is 3.63. The van der Waals surface area contributed by atoms with E-state index in [0.29, 0.717) is 61.5 Å². The van der Waals surface area contributed by atoms with Gasteiger partial charge < -0.3 is 15.0 Å². The van der Waals surface area contributed by atoms with Crippen LogP contribution in [0.15, 0.2) is 29.2 Å². The van der Waals surface area contributed by atoms with Gasteiger partial charge in [-0.3, -0.25) is 14.6 Å². The molecule has 2 N–H and O–H groups in total. The van der Waals surface area contributed by atoms with Crippen molar-refractivity contribution in [3.63, 3.8) is 0 Å². The van der Waals surface area contributed by atoms with Crippen molar-refractivity contribution in [3.8, 4) is 0 Å². The van der Waals surface area contributed by atoms with E-state index in [1.165, 1.54) is 11.3 Å². The first-order valence-electron chi connectivity index (χ1n) is 10.8. The number of H-pyrrole nitrogens is 1. The summed E-state index contributed by atoms with van der Waals surface area (Å²) in [5.41, 5.74) is 3.09. The lowest BCUT2D eigenvalue weighted by molar-refractivity contribution is -0.116. The molecule has 1 fully saturated rings. The van der Waals surface area contributed by atoms with Crippen molar-refractivity contribution in [2.24, 2.45) is 0 Å². The molecular formula is C23H26ClN5O3S. The second-order valence-electron chi connectivity index (χ2n) is 7.99. The molecule has 3 heterocycles. The fourth-order valence-corrected chi connectivity index (χ4v) is 4.70. The van der Waals surface area contributed by atoms with E-state index in [-0.39, 0.29) is 17.9 Å². The maximum atomic E-state index is 12.6. The molecule has 1 aromatic carbocycles. The third-order valence-corrected chi connectivity index (χ3v) is 6.86. The molecule has 8 nitrogen and oxygen atoms in total. The molecule has 0 saturated carbocycles. The molecule has 33 heavy (non-hydrogen) atoms. The van der Waals surface area contributed by atoms with E-state index in [0.717, 1.165) is 21.0 Å². The van der Waals surface area contributed by atoms with Crippen molar-refractivity contribution in [1.29, 1.82) is 0 Å². The fraction of sp³-hybridized carbons (Fsp3) is 0.391. The Bertz CT molecular complexity index is 1200. The Balaban J connectivity index is 1.33. The van der Waals surface area contributed by atoms with Gasteiger partial charge >= 0.3 is 0 Å². The van der Waals surface area contributed by atoms with Gasteiger partial charge in [0.15, 0.2) is 5.13 Å². The lowest BCUT2D eigenvalue weighted by atomic mass is 10.1. The van der Waals surface area contributed by atoms with Gasteiger partial charge in [0.2, 0.25) is 11.9 Å². The van der Waals surface area contributed by atoms with E-state index in [9.17, 15) is 9.59 Å². The van der Waals surface area contributed by atoms with Crippen LogP contribution in [0.25, 0.3) is 0 Å². The highest BCUT2D eigenvalue weighted by atomic mass is 35.5. The molecule has 0 aliphatic carbocycles. The number of nitrogens with one attached hydrogen (secondary N) is 2. The maximum Gasteiger partial charge on any atom is 0.255 e. The predicted octanol–water partition coefficient (Wildman–Crippen LogP) is 3.50.